The van der Waals surface area contributed by atoms with Gasteiger partial charge in [0.1, 0.15) is 29.9 Å². The zero-order valence-electron chi connectivity index (χ0n) is 31.8. The van der Waals surface area contributed by atoms with Crippen LogP contribution in [-0.2, 0) is 40.1 Å². The van der Waals surface area contributed by atoms with Gasteiger partial charge in [0.05, 0.1) is 48.8 Å². The normalized spacial score (nSPS) is 24.4. The number of benzene rings is 2. The number of ether oxygens (including phenoxy) is 3. The van der Waals surface area contributed by atoms with E-state index in [1.807, 2.05) is 56.3 Å². The van der Waals surface area contributed by atoms with Crippen LogP contribution >= 0.6 is 0 Å². The maximum atomic E-state index is 15.0. The molecule has 0 radical (unpaired) electrons. The lowest BCUT2D eigenvalue weighted by atomic mass is 9.70. The summed E-state index contributed by atoms with van der Waals surface area (Å²) in [6, 6.07) is 13.9. The Labute approximate surface area is 321 Å². The summed E-state index contributed by atoms with van der Waals surface area (Å²) in [5, 5.41) is 22.3. The molecule has 0 aliphatic carbocycles. The standard InChI is InChI=1S/C41H52N6O8/c1-6-8-18-33(49)42-30(24-53-5)36(27-14-10-9-11-15-27)54-40(52)34-32-19-20-41(55-32)35(34)38(50)47(28(23-48)22-26(3)4)37(41)39(51)45(21-7-2)25-46-31-17-13-12-16-29(31)43-44-46/h6-7,9-17,26,28,30,32,34-37,48H,1-2,8,18-25H2,3-5H3,(H,42,49)/t28-,30+,32-,34+,35+,36+,37-,41+/m1/s1. The van der Waals surface area contributed by atoms with Gasteiger partial charge >= 0.3 is 5.97 Å². The zero-order chi connectivity index (χ0) is 39.3. The molecule has 2 bridgehead atoms. The Balaban J connectivity index is 1.36. The number of carbonyl (C=O) groups is 4. The first kappa shape index (κ1) is 39.8. The maximum absolute atomic E-state index is 15.0. The number of allylic oxidation sites excluding steroid dienone is 1. The van der Waals surface area contributed by atoms with Gasteiger partial charge in [-0.05, 0) is 49.3 Å². The molecule has 3 aliphatic heterocycles. The molecule has 3 amide bonds. The molecule has 3 fully saturated rings. The number of fused-ring (bicyclic) bond motifs is 2. The second kappa shape index (κ2) is 17.3. The maximum Gasteiger partial charge on any atom is 0.313 e. The molecule has 3 aromatic rings. The summed E-state index contributed by atoms with van der Waals surface area (Å²) in [7, 11) is 1.50. The van der Waals surface area contributed by atoms with Crippen molar-refractivity contribution in [3.8, 4) is 0 Å². The number of methoxy groups -OCH3 is 1. The minimum atomic E-state index is -1.36. The van der Waals surface area contributed by atoms with E-state index in [-0.39, 0.29) is 44.7 Å². The molecule has 3 aliphatic rings. The Bertz CT molecular complexity index is 1870. The molecule has 4 heterocycles. The zero-order valence-corrected chi connectivity index (χ0v) is 31.8. The number of carbonyl (C=O) groups excluding carboxylic acids is 4. The van der Waals surface area contributed by atoms with E-state index in [2.05, 4.69) is 28.8 Å². The first-order valence-corrected chi connectivity index (χ1v) is 19.0. The molecule has 3 saturated heterocycles. The SMILES string of the molecule is C=CCCC(=O)N[C@@H](COC)[C@@H](OC(=O)[C@@H]1[C@H]2C(=O)N([C@@H](CO)CC(C)C)[C@H](C(=O)N(CC=C)Cn3nnc4ccccc43)[C@]23CC[C@H]1O3)c1ccccc1. The van der Waals surface area contributed by atoms with Crippen molar-refractivity contribution in [3.63, 3.8) is 0 Å². The molecule has 0 unspecified atom stereocenters. The van der Waals surface area contributed by atoms with Crippen LogP contribution in [0.15, 0.2) is 79.9 Å². The van der Waals surface area contributed by atoms with Gasteiger partial charge in [0.15, 0.2) is 0 Å². The van der Waals surface area contributed by atoms with E-state index in [0.717, 1.165) is 5.52 Å². The lowest BCUT2D eigenvalue weighted by Crippen LogP contribution is -2.59. The largest absolute Gasteiger partial charge is 0.455 e. The van der Waals surface area contributed by atoms with Crippen LogP contribution in [0.5, 0.6) is 0 Å². The topological polar surface area (TPSA) is 165 Å². The number of likely N-dealkylation sites (tertiary alicyclic amines) is 1. The van der Waals surface area contributed by atoms with Crippen LogP contribution in [0, 0.1) is 17.8 Å². The summed E-state index contributed by atoms with van der Waals surface area (Å²) in [5.41, 5.74) is 0.666. The van der Waals surface area contributed by atoms with Crippen molar-refractivity contribution in [2.24, 2.45) is 17.8 Å². The quantitative estimate of drug-likeness (QED) is 0.137. The number of aliphatic hydroxyl groups excluding tert-OH is 1. The van der Waals surface area contributed by atoms with Crippen molar-refractivity contribution < 1.29 is 38.5 Å². The van der Waals surface area contributed by atoms with E-state index in [4.69, 9.17) is 14.2 Å². The van der Waals surface area contributed by atoms with Crippen molar-refractivity contribution in [3.05, 3.63) is 85.5 Å². The first-order valence-electron chi connectivity index (χ1n) is 19.0. The van der Waals surface area contributed by atoms with Gasteiger partial charge in [-0.15, -0.1) is 18.3 Å². The van der Waals surface area contributed by atoms with Gasteiger partial charge in [-0.2, -0.15) is 0 Å². The molecule has 1 aromatic heterocycles. The lowest BCUT2D eigenvalue weighted by molar-refractivity contribution is -0.163. The lowest BCUT2D eigenvalue weighted by Gasteiger charge is -2.39. The van der Waals surface area contributed by atoms with Crippen LogP contribution in [0.2, 0.25) is 0 Å². The van der Waals surface area contributed by atoms with Gasteiger partial charge in [-0.1, -0.05) is 73.7 Å². The van der Waals surface area contributed by atoms with E-state index in [1.54, 1.807) is 33.9 Å². The molecular weight excluding hydrogens is 704 g/mol. The number of rotatable bonds is 19. The Hall–Kier alpha value is -4.92. The Morgan fingerprint density at radius 3 is 2.56 bits per heavy atom. The number of nitrogens with zero attached hydrogens (tertiary/aromatic N) is 5. The van der Waals surface area contributed by atoms with Gasteiger partial charge in [0, 0.05) is 20.1 Å². The summed E-state index contributed by atoms with van der Waals surface area (Å²) in [6.07, 6.45) is 3.46. The van der Waals surface area contributed by atoms with E-state index in [0.29, 0.717) is 36.8 Å². The fourth-order valence-corrected chi connectivity index (χ4v) is 8.71. The molecule has 2 N–H and O–H groups in total. The number of hydrogen-bond acceptors (Lipinski definition) is 10. The van der Waals surface area contributed by atoms with Gasteiger partial charge in [0.25, 0.3) is 0 Å². The van der Waals surface area contributed by atoms with Crippen molar-refractivity contribution in [2.45, 2.75) is 88.6 Å². The highest BCUT2D eigenvalue weighted by atomic mass is 16.6. The molecule has 14 nitrogen and oxygen atoms in total. The summed E-state index contributed by atoms with van der Waals surface area (Å²) in [4.78, 5) is 60.6. The molecule has 14 heteroatoms. The van der Waals surface area contributed by atoms with E-state index in [1.165, 1.54) is 12.0 Å². The number of esters is 1. The predicted octanol–water partition coefficient (Wildman–Crippen LogP) is 3.57. The summed E-state index contributed by atoms with van der Waals surface area (Å²) >= 11 is 0. The van der Waals surface area contributed by atoms with Gasteiger partial charge in [-0.3, -0.25) is 19.2 Å². The minimum Gasteiger partial charge on any atom is -0.455 e. The Morgan fingerprint density at radius 1 is 1.13 bits per heavy atom. The highest BCUT2D eigenvalue weighted by Crippen LogP contribution is 2.59. The number of nitrogens with one attached hydrogen (secondary N) is 1. The number of hydrogen-bond donors (Lipinski definition) is 2. The molecule has 55 heavy (non-hydrogen) atoms. The number of amides is 3. The predicted molar refractivity (Wildman–Crippen MR) is 203 cm³/mol. The van der Waals surface area contributed by atoms with E-state index < -0.39 is 65.6 Å². The van der Waals surface area contributed by atoms with Crippen molar-refractivity contribution in [1.29, 1.82) is 0 Å². The van der Waals surface area contributed by atoms with Gasteiger partial charge < -0.3 is 34.4 Å². The van der Waals surface area contributed by atoms with E-state index >= 15 is 4.79 Å². The molecule has 6 rings (SSSR count). The highest BCUT2D eigenvalue weighted by Gasteiger charge is 2.75. The molecule has 0 saturated carbocycles. The Morgan fingerprint density at radius 2 is 1.87 bits per heavy atom. The van der Waals surface area contributed by atoms with Crippen LogP contribution in [0.1, 0.15) is 57.6 Å². The van der Waals surface area contributed by atoms with Crippen LogP contribution in [-0.4, -0.2) is 110 Å². The number of aromatic nitrogens is 3. The van der Waals surface area contributed by atoms with E-state index in [9.17, 15) is 19.5 Å². The second-order valence-corrected chi connectivity index (χ2v) is 15.1. The monoisotopic (exact) mass is 756 g/mol. The molecule has 294 valence electrons. The molecule has 1 spiro atoms. The van der Waals surface area contributed by atoms with Crippen molar-refractivity contribution in [2.75, 3.05) is 26.9 Å². The average Bonchev–Trinajstić information content (AvgIpc) is 3.94. The molecule has 2 aromatic carbocycles. The third-order valence-corrected chi connectivity index (χ3v) is 11.0. The fourth-order valence-electron chi connectivity index (χ4n) is 8.71. The summed E-state index contributed by atoms with van der Waals surface area (Å²) < 4.78 is 20.2. The average molecular weight is 757 g/mol. The minimum absolute atomic E-state index is 0.0195. The number of aliphatic hydroxyl groups is 1. The fraction of sp³-hybridized carbons (Fsp3) is 0.512. The second-order valence-electron chi connectivity index (χ2n) is 15.1. The van der Waals surface area contributed by atoms with Crippen LogP contribution in [0.3, 0.4) is 0 Å². The van der Waals surface area contributed by atoms with Crippen molar-refractivity contribution in [1.82, 2.24) is 30.1 Å². The van der Waals surface area contributed by atoms with Crippen LogP contribution in [0.4, 0.5) is 0 Å². The smallest absolute Gasteiger partial charge is 0.313 e. The summed E-state index contributed by atoms with van der Waals surface area (Å²) in [6.45, 7) is 11.4. The van der Waals surface area contributed by atoms with Gasteiger partial charge in [0.2, 0.25) is 17.7 Å². The van der Waals surface area contributed by atoms with Crippen molar-refractivity contribution >= 4 is 34.7 Å². The third kappa shape index (κ3) is 7.80. The van der Waals surface area contributed by atoms with Crippen LogP contribution in [0.25, 0.3) is 11.0 Å². The van der Waals surface area contributed by atoms with Gasteiger partial charge in [-0.25, -0.2) is 4.68 Å². The molecule has 8 atom stereocenters. The third-order valence-electron chi connectivity index (χ3n) is 11.0. The highest BCUT2D eigenvalue weighted by molar-refractivity contribution is 5.98. The summed E-state index contributed by atoms with van der Waals surface area (Å²) in [5.74, 6) is -3.79. The van der Waals surface area contributed by atoms with Crippen LogP contribution < -0.4 is 5.32 Å². The molecular formula is C41H52N6O8. The first-order chi connectivity index (χ1) is 26.6. The number of para-hydroxylation sites is 1. The Kier molecular flexibility index (Phi) is 12.5.